The van der Waals surface area contributed by atoms with Crippen LogP contribution in [0.15, 0.2) is 0 Å². The van der Waals surface area contributed by atoms with Crippen LogP contribution in [0.2, 0.25) is 0 Å². The van der Waals surface area contributed by atoms with Crippen molar-refractivity contribution in [2.75, 3.05) is 19.8 Å². The van der Waals surface area contributed by atoms with Gasteiger partial charge in [-0.3, -0.25) is 4.79 Å². The highest BCUT2D eigenvalue weighted by Crippen LogP contribution is 2.69. The zero-order chi connectivity index (χ0) is 26.5. The lowest BCUT2D eigenvalue weighted by Gasteiger charge is -2.57. The fourth-order valence-electron chi connectivity index (χ4n) is 9.62. The Labute approximate surface area is 217 Å². The molecule has 0 aromatic rings. The molecule has 5 rings (SSSR count). The summed E-state index contributed by atoms with van der Waals surface area (Å²) in [5.41, 5.74) is 6.86. The van der Waals surface area contributed by atoms with Gasteiger partial charge in [-0.15, -0.1) is 0 Å². The molecular weight excluding hydrogens is 458 g/mol. The van der Waals surface area contributed by atoms with Crippen molar-refractivity contribution in [2.45, 2.75) is 104 Å². The third-order valence-electron chi connectivity index (χ3n) is 11.5. The lowest BCUT2D eigenvalue weighted by Crippen LogP contribution is -2.54. The van der Waals surface area contributed by atoms with Gasteiger partial charge in [-0.05, 0) is 97.8 Å². The van der Waals surface area contributed by atoms with Gasteiger partial charge in [0.2, 0.25) is 0 Å². The number of aliphatic hydroxyl groups is 2. The van der Waals surface area contributed by atoms with E-state index in [-0.39, 0.29) is 41.3 Å². The van der Waals surface area contributed by atoms with Gasteiger partial charge >= 0.3 is 0 Å². The van der Waals surface area contributed by atoms with Crippen molar-refractivity contribution in [1.82, 2.24) is 0 Å². The fourth-order valence-corrected chi connectivity index (χ4v) is 9.62. The van der Waals surface area contributed by atoms with Crippen LogP contribution in [-0.2, 0) is 14.3 Å². The van der Waals surface area contributed by atoms with Gasteiger partial charge in [-0.2, -0.15) is 0 Å². The van der Waals surface area contributed by atoms with E-state index in [4.69, 9.17) is 25.1 Å². The van der Waals surface area contributed by atoms with Crippen LogP contribution in [0.1, 0.15) is 86.0 Å². The van der Waals surface area contributed by atoms with E-state index in [0.29, 0.717) is 42.1 Å². The molecule has 12 atom stereocenters. The third kappa shape index (κ3) is 4.66. The predicted molar refractivity (Wildman–Crippen MR) is 138 cm³/mol. The smallest absolute Gasteiger partial charge is 0.300 e. The van der Waals surface area contributed by atoms with Crippen LogP contribution in [0.3, 0.4) is 0 Å². The summed E-state index contributed by atoms with van der Waals surface area (Å²) >= 11 is 0. The van der Waals surface area contributed by atoms with E-state index in [0.717, 1.165) is 45.6 Å². The zero-order valence-corrected chi connectivity index (χ0v) is 23.1. The van der Waals surface area contributed by atoms with Gasteiger partial charge in [-0.1, -0.05) is 27.7 Å². The van der Waals surface area contributed by atoms with E-state index < -0.39 is 5.97 Å². The molecule has 3 aliphatic carbocycles. The number of nitrogens with two attached hydrogens (primary N) is 1. The third-order valence-corrected chi connectivity index (χ3v) is 11.5. The minimum atomic E-state index is -0.833. The first-order chi connectivity index (χ1) is 16.9. The number of hydrogen-bond acceptors (Lipinski definition) is 6. The lowest BCUT2D eigenvalue weighted by atomic mass is 9.48. The topological polar surface area (TPSA) is 122 Å². The average Bonchev–Trinajstić information content (AvgIpc) is 3.26. The summed E-state index contributed by atoms with van der Waals surface area (Å²) in [6, 6.07) is 0. The number of hydrogen-bond donors (Lipinski definition) is 4. The molecule has 0 bridgehead atoms. The van der Waals surface area contributed by atoms with Crippen LogP contribution in [0.4, 0.5) is 0 Å². The molecule has 7 heteroatoms. The normalized spacial score (nSPS) is 52.3. The van der Waals surface area contributed by atoms with Crippen LogP contribution in [0.25, 0.3) is 0 Å². The van der Waals surface area contributed by atoms with Gasteiger partial charge < -0.3 is 30.5 Å². The second kappa shape index (κ2) is 10.4. The van der Waals surface area contributed by atoms with Crippen LogP contribution < -0.4 is 5.73 Å². The number of carbonyl (C=O) groups is 1. The molecule has 5 fully saturated rings. The first kappa shape index (κ1) is 28.3. The second-order valence-electron chi connectivity index (χ2n) is 13.5. The molecule has 3 saturated carbocycles. The van der Waals surface area contributed by atoms with Crippen LogP contribution in [0, 0.1) is 52.3 Å². The van der Waals surface area contributed by atoms with Gasteiger partial charge in [-0.25, -0.2) is 0 Å². The highest BCUT2D eigenvalue weighted by Gasteiger charge is 2.68. The average molecular weight is 510 g/mol. The monoisotopic (exact) mass is 509 g/mol. The number of carboxylic acids is 1. The maximum Gasteiger partial charge on any atom is 0.300 e. The quantitative estimate of drug-likeness (QED) is 0.453. The maximum absolute atomic E-state index is 10.3. The highest BCUT2D eigenvalue weighted by atomic mass is 16.7. The summed E-state index contributed by atoms with van der Waals surface area (Å²) in [5.74, 6) is 2.14. The van der Waals surface area contributed by atoms with Crippen molar-refractivity contribution in [2.24, 2.45) is 58.0 Å². The number of fused-ring (bicyclic) bond motifs is 3. The SMILES string of the molecule is CC(=O)O.C[C@@H]1CC[C@@]2(OC1)O[C@H]1C[C@H]3[C@H](CN)[C@@H]([C@@]4(C)CC[C@H](O)C[C@@H]4CO)CC[C@]3(C)[C@H]1[C@@H]2C. The van der Waals surface area contributed by atoms with Crippen molar-refractivity contribution in [3.05, 3.63) is 0 Å². The maximum atomic E-state index is 10.3. The van der Waals surface area contributed by atoms with Gasteiger partial charge in [0.05, 0.1) is 18.8 Å². The summed E-state index contributed by atoms with van der Waals surface area (Å²) in [7, 11) is 0. The van der Waals surface area contributed by atoms with Crippen molar-refractivity contribution in [3.8, 4) is 0 Å². The van der Waals surface area contributed by atoms with Crippen molar-refractivity contribution >= 4 is 5.97 Å². The molecule has 0 radical (unpaired) electrons. The molecule has 5 N–H and O–H groups in total. The molecule has 36 heavy (non-hydrogen) atoms. The molecule has 2 heterocycles. The Morgan fingerprint density at radius 3 is 2.28 bits per heavy atom. The molecule has 208 valence electrons. The van der Waals surface area contributed by atoms with E-state index in [2.05, 4.69) is 27.7 Å². The molecular formula is C29H51NO6. The Morgan fingerprint density at radius 1 is 1.03 bits per heavy atom. The Morgan fingerprint density at radius 2 is 1.69 bits per heavy atom. The largest absolute Gasteiger partial charge is 0.481 e. The van der Waals surface area contributed by atoms with E-state index in [1.165, 1.54) is 19.3 Å². The van der Waals surface area contributed by atoms with Crippen LogP contribution in [0.5, 0.6) is 0 Å². The van der Waals surface area contributed by atoms with Crippen molar-refractivity contribution < 1.29 is 29.6 Å². The highest BCUT2D eigenvalue weighted by molar-refractivity contribution is 5.62. The Balaban J connectivity index is 0.000000709. The van der Waals surface area contributed by atoms with Crippen molar-refractivity contribution in [1.29, 1.82) is 0 Å². The molecule has 0 unspecified atom stereocenters. The Bertz CT molecular complexity index is 780. The molecule has 2 aliphatic heterocycles. The van der Waals surface area contributed by atoms with E-state index >= 15 is 0 Å². The molecule has 2 saturated heterocycles. The summed E-state index contributed by atoms with van der Waals surface area (Å²) in [6.07, 6.45) is 8.34. The van der Waals surface area contributed by atoms with Crippen molar-refractivity contribution in [3.63, 3.8) is 0 Å². The predicted octanol–water partition coefficient (Wildman–Crippen LogP) is 4.04. The van der Waals surface area contributed by atoms with E-state index in [1.54, 1.807) is 0 Å². The standard InChI is InChI=1S/C27H47NO4.C2H4O2/c1-16-5-10-27(31-15-16)17(2)24-23(32-27)12-22-20(13-28)21(7-9-26(22,24)4)25(3)8-6-19(30)11-18(25)14-29;1-2(3)4/h16-24,29-30H,5-15,28H2,1-4H3;1H3,(H,3,4)/t16-,17+,18-,19+,20-,21+,22+,23+,24+,25+,26+,27-;/m1./s1. The Hall–Kier alpha value is -0.730. The minimum absolute atomic E-state index is 0.0629. The minimum Gasteiger partial charge on any atom is -0.481 e. The lowest BCUT2D eigenvalue weighted by molar-refractivity contribution is -0.272. The Kier molecular flexibility index (Phi) is 8.20. The molecule has 0 aromatic carbocycles. The molecule has 0 amide bonds. The molecule has 1 spiro atoms. The number of aliphatic hydroxyl groups excluding tert-OH is 2. The van der Waals surface area contributed by atoms with Gasteiger partial charge in [0.15, 0.2) is 5.79 Å². The summed E-state index contributed by atoms with van der Waals surface area (Å²) in [4.78, 5) is 9.00. The number of ether oxygens (including phenoxy) is 2. The molecule has 7 nitrogen and oxygen atoms in total. The molecule has 5 aliphatic rings. The van der Waals surface area contributed by atoms with Crippen LogP contribution >= 0.6 is 0 Å². The molecule has 0 aromatic heterocycles. The number of aliphatic carboxylic acids is 1. The number of rotatable bonds is 3. The van der Waals surface area contributed by atoms with Gasteiger partial charge in [0, 0.05) is 25.9 Å². The second-order valence-corrected chi connectivity index (χ2v) is 13.5. The van der Waals surface area contributed by atoms with Crippen LogP contribution in [-0.4, -0.2) is 59.0 Å². The number of carboxylic acid groups (broad SMARTS) is 1. The first-order valence-corrected chi connectivity index (χ1v) is 14.4. The van der Waals surface area contributed by atoms with E-state index in [1.807, 2.05) is 0 Å². The van der Waals surface area contributed by atoms with E-state index in [9.17, 15) is 10.2 Å². The fraction of sp³-hybridized carbons (Fsp3) is 0.966. The van der Waals surface area contributed by atoms with Gasteiger partial charge in [0.1, 0.15) is 0 Å². The first-order valence-electron chi connectivity index (χ1n) is 14.4. The summed E-state index contributed by atoms with van der Waals surface area (Å²) in [5, 5.41) is 27.9. The summed E-state index contributed by atoms with van der Waals surface area (Å²) < 4.78 is 13.3. The van der Waals surface area contributed by atoms with Gasteiger partial charge in [0.25, 0.3) is 5.97 Å². The summed E-state index contributed by atoms with van der Waals surface area (Å²) in [6.45, 7) is 12.4. The zero-order valence-electron chi connectivity index (χ0n) is 23.1.